The molecule has 0 radical (unpaired) electrons. The highest BCUT2D eigenvalue weighted by Crippen LogP contribution is 2.35. The van der Waals surface area contributed by atoms with Gasteiger partial charge in [0.25, 0.3) is 0 Å². The van der Waals surface area contributed by atoms with Gasteiger partial charge < -0.3 is 10.2 Å². The van der Waals surface area contributed by atoms with Crippen molar-refractivity contribution < 1.29 is 0 Å². The average molecular weight is 405 g/mol. The zero-order chi connectivity index (χ0) is 13.1. The van der Waals surface area contributed by atoms with Gasteiger partial charge in [-0.2, -0.15) is 11.3 Å². The van der Waals surface area contributed by atoms with Crippen LogP contribution in [0.2, 0.25) is 0 Å². The zero-order valence-corrected chi connectivity index (χ0v) is 15.2. The monoisotopic (exact) mass is 405 g/mol. The van der Waals surface area contributed by atoms with Crippen LogP contribution in [0.15, 0.2) is 21.8 Å². The third-order valence-corrected chi connectivity index (χ3v) is 5.25. The van der Waals surface area contributed by atoms with Gasteiger partial charge in [-0.3, -0.25) is 4.99 Å². The first-order valence-corrected chi connectivity index (χ1v) is 8.28. The number of fused-ring (bicyclic) bond motifs is 1. The molecule has 1 aromatic heterocycles. The zero-order valence-electron chi connectivity index (χ0n) is 12.0. The number of aliphatic imine (C=N–C) groups is 1. The van der Waals surface area contributed by atoms with Crippen LogP contribution in [0.5, 0.6) is 0 Å². The summed E-state index contributed by atoms with van der Waals surface area (Å²) in [5, 5.41) is 7.83. The molecule has 0 bridgehead atoms. The van der Waals surface area contributed by atoms with Crippen molar-refractivity contribution in [2.24, 2.45) is 16.8 Å². The van der Waals surface area contributed by atoms with Crippen LogP contribution in [0.1, 0.15) is 31.2 Å². The van der Waals surface area contributed by atoms with Gasteiger partial charge in [0.15, 0.2) is 5.96 Å². The van der Waals surface area contributed by atoms with Crippen molar-refractivity contribution in [3.63, 3.8) is 0 Å². The second-order valence-corrected chi connectivity index (χ2v) is 6.52. The number of halogens is 1. The highest BCUT2D eigenvalue weighted by molar-refractivity contribution is 14.0. The summed E-state index contributed by atoms with van der Waals surface area (Å²) in [5.41, 5.74) is 1.35. The Hall–Kier alpha value is -0.300. The Labute approximate surface area is 142 Å². The number of guanidine groups is 1. The molecule has 2 unspecified atom stereocenters. The lowest BCUT2D eigenvalue weighted by molar-refractivity contribution is 0.299. The van der Waals surface area contributed by atoms with Gasteiger partial charge in [0.05, 0.1) is 0 Å². The molecule has 1 saturated carbocycles. The minimum Gasteiger partial charge on any atom is -0.352 e. The summed E-state index contributed by atoms with van der Waals surface area (Å²) in [7, 11) is 1.90. The van der Waals surface area contributed by atoms with Crippen molar-refractivity contribution in [3.05, 3.63) is 22.4 Å². The summed E-state index contributed by atoms with van der Waals surface area (Å²) >= 11 is 1.75. The highest BCUT2D eigenvalue weighted by Gasteiger charge is 2.35. The number of likely N-dealkylation sites (tertiary alicyclic amines) is 1. The van der Waals surface area contributed by atoms with Gasteiger partial charge in [-0.05, 0) is 47.1 Å². The first-order chi connectivity index (χ1) is 9.36. The molecule has 2 atom stereocenters. The third-order valence-electron chi connectivity index (χ3n) is 4.52. The second kappa shape index (κ2) is 7.64. The Balaban J connectivity index is 0.00000147. The van der Waals surface area contributed by atoms with Gasteiger partial charge in [-0.25, -0.2) is 0 Å². The Morgan fingerprint density at radius 1 is 1.35 bits per heavy atom. The molecule has 5 heteroatoms. The predicted octanol–water partition coefficient (Wildman–Crippen LogP) is 3.56. The van der Waals surface area contributed by atoms with Gasteiger partial charge in [0, 0.05) is 26.7 Å². The number of hydrogen-bond acceptors (Lipinski definition) is 2. The lowest BCUT2D eigenvalue weighted by Crippen LogP contribution is -2.39. The minimum absolute atomic E-state index is 0. The summed E-state index contributed by atoms with van der Waals surface area (Å²) < 4.78 is 0. The molecule has 1 aliphatic heterocycles. The highest BCUT2D eigenvalue weighted by atomic mass is 127. The normalized spacial score (nSPS) is 26.1. The predicted molar refractivity (Wildman–Crippen MR) is 97.0 cm³/mol. The van der Waals surface area contributed by atoms with Crippen molar-refractivity contribution in [1.82, 2.24) is 10.2 Å². The van der Waals surface area contributed by atoms with Crippen molar-refractivity contribution >= 4 is 41.3 Å². The molecule has 1 aliphatic carbocycles. The molecule has 0 aromatic carbocycles. The van der Waals surface area contributed by atoms with E-state index in [0.717, 1.165) is 24.3 Å². The van der Waals surface area contributed by atoms with E-state index >= 15 is 0 Å². The quantitative estimate of drug-likeness (QED) is 0.463. The first-order valence-electron chi connectivity index (χ1n) is 7.33. The van der Waals surface area contributed by atoms with Crippen LogP contribution < -0.4 is 5.32 Å². The Morgan fingerprint density at radius 2 is 2.05 bits per heavy atom. The van der Waals surface area contributed by atoms with E-state index in [-0.39, 0.29) is 24.0 Å². The Morgan fingerprint density at radius 3 is 2.60 bits per heavy atom. The van der Waals surface area contributed by atoms with Crippen LogP contribution in [-0.4, -0.2) is 31.0 Å². The molecule has 1 aromatic rings. The summed E-state index contributed by atoms with van der Waals surface area (Å²) in [6.45, 7) is 3.30. The van der Waals surface area contributed by atoms with E-state index in [9.17, 15) is 0 Å². The van der Waals surface area contributed by atoms with Gasteiger partial charge in [0.1, 0.15) is 0 Å². The van der Waals surface area contributed by atoms with Crippen LogP contribution in [-0.2, 0) is 6.54 Å². The molecule has 2 fully saturated rings. The van der Waals surface area contributed by atoms with E-state index < -0.39 is 0 Å². The van der Waals surface area contributed by atoms with E-state index in [1.165, 1.54) is 44.3 Å². The largest absolute Gasteiger partial charge is 0.352 e. The van der Waals surface area contributed by atoms with Gasteiger partial charge in [-0.15, -0.1) is 24.0 Å². The molecule has 2 heterocycles. The van der Waals surface area contributed by atoms with Crippen molar-refractivity contribution in [2.45, 2.75) is 32.2 Å². The van der Waals surface area contributed by atoms with E-state index in [4.69, 9.17) is 0 Å². The molecule has 0 spiro atoms. The number of nitrogens with zero attached hydrogens (tertiary/aromatic N) is 2. The molecule has 3 rings (SSSR count). The number of nitrogens with one attached hydrogen (secondary N) is 1. The molecule has 1 N–H and O–H groups in total. The van der Waals surface area contributed by atoms with Crippen LogP contribution >= 0.6 is 35.3 Å². The number of rotatable bonds is 2. The molecule has 1 saturated heterocycles. The molecule has 20 heavy (non-hydrogen) atoms. The van der Waals surface area contributed by atoms with Crippen LogP contribution in [0, 0.1) is 11.8 Å². The molecule has 0 amide bonds. The van der Waals surface area contributed by atoms with Gasteiger partial charge in [-0.1, -0.05) is 12.8 Å². The fourth-order valence-electron chi connectivity index (χ4n) is 3.49. The number of thiophene rings is 1. The lowest BCUT2D eigenvalue weighted by Gasteiger charge is -2.22. The smallest absolute Gasteiger partial charge is 0.193 e. The fraction of sp³-hybridized carbons (Fsp3) is 0.667. The van der Waals surface area contributed by atoms with Gasteiger partial charge >= 0.3 is 0 Å². The maximum absolute atomic E-state index is 4.46. The fourth-order valence-corrected chi connectivity index (χ4v) is 4.15. The summed E-state index contributed by atoms with van der Waals surface area (Å²) in [6, 6.07) is 2.18. The van der Waals surface area contributed by atoms with Gasteiger partial charge in [0.2, 0.25) is 0 Å². The molecule has 112 valence electrons. The maximum Gasteiger partial charge on any atom is 0.193 e. The maximum atomic E-state index is 4.46. The molecular formula is C15H24IN3S. The van der Waals surface area contributed by atoms with Crippen LogP contribution in [0.3, 0.4) is 0 Å². The van der Waals surface area contributed by atoms with Crippen molar-refractivity contribution in [3.8, 4) is 0 Å². The van der Waals surface area contributed by atoms with Crippen molar-refractivity contribution in [1.29, 1.82) is 0 Å². The standard InChI is InChI=1S/C15H23N3S.HI/c1-16-15(17-8-12-6-7-19-11-12)18-9-13-4-2-3-5-14(13)10-18;/h6-7,11,13-14H,2-5,8-10H2,1H3,(H,16,17);1H. The molecule has 2 aliphatic rings. The Bertz CT molecular complexity index is 418. The lowest BCUT2D eigenvalue weighted by atomic mass is 9.82. The van der Waals surface area contributed by atoms with E-state index in [1.807, 2.05) is 7.05 Å². The average Bonchev–Trinajstić information content (AvgIpc) is 3.08. The van der Waals surface area contributed by atoms with Crippen LogP contribution in [0.25, 0.3) is 0 Å². The third kappa shape index (κ3) is 3.67. The topological polar surface area (TPSA) is 27.6 Å². The summed E-state index contributed by atoms with van der Waals surface area (Å²) in [6.07, 6.45) is 5.69. The molecular weight excluding hydrogens is 381 g/mol. The van der Waals surface area contributed by atoms with E-state index in [2.05, 4.69) is 32.0 Å². The first kappa shape index (κ1) is 16.1. The summed E-state index contributed by atoms with van der Waals surface area (Å²) in [5.74, 6) is 2.91. The SMILES string of the molecule is CN=C(NCc1ccsc1)N1CC2CCCCC2C1.I. The second-order valence-electron chi connectivity index (χ2n) is 5.74. The minimum atomic E-state index is 0. The van der Waals surface area contributed by atoms with Crippen LogP contribution in [0.4, 0.5) is 0 Å². The van der Waals surface area contributed by atoms with Crippen molar-refractivity contribution in [2.75, 3.05) is 20.1 Å². The molecule has 3 nitrogen and oxygen atoms in total. The Kier molecular flexibility index (Phi) is 6.14. The van der Waals surface area contributed by atoms with E-state index in [0.29, 0.717) is 0 Å². The van der Waals surface area contributed by atoms with E-state index in [1.54, 1.807) is 11.3 Å². The summed E-state index contributed by atoms with van der Waals surface area (Å²) in [4.78, 5) is 6.93. The number of hydrogen-bond donors (Lipinski definition) is 1.